The molecule has 32 heavy (non-hydrogen) atoms. The molecule has 0 saturated carbocycles. The molecule has 1 aliphatic rings. The first-order valence-electron chi connectivity index (χ1n) is 10.1. The number of carbonyl (C=O) groups excluding carboxylic acids is 1. The zero-order valence-corrected chi connectivity index (χ0v) is 18.7. The summed E-state index contributed by atoms with van der Waals surface area (Å²) in [5, 5.41) is 13.0. The highest BCUT2D eigenvalue weighted by atomic mass is 79.9. The number of halogens is 2. The molecule has 1 atom stereocenters. The van der Waals surface area contributed by atoms with Crippen LogP contribution in [0.3, 0.4) is 0 Å². The van der Waals surface area contributed by atoms with Crippen LogP contribution in [-0.4, -0.2) is 51.6 Å². The molecule has 1 aliphatic heterocycles. The summed E-state index contributed by atoms with van der Waals surface area (Å²) in [6.07, 6.45) is 4.26. The second-order valence-electron chi connectivity index (χ2n) is 7.49. The summed E-state index contributed by atoms with van der Waals surface area (Å²) >= 11 is 3.65. The smallest absolute Gasteiger partial charge is 0.251 e. The fourth-order valence-electron chi connectivity index (χ4n) is 3.60. The molecule has 0 saturated heterocycles. The van der Waals surface area contributed by atoms with E-state index in [1.54, 1.807) is 6.20 Å². The number of fused-ring (bicyclic) bond motifs is 1. The number of aliphatic hydroxyl groups is 1. The predicted molar refractivity (Wildman–Crippen MR) is 116 cm³/mol. The lowest BCUT2D eigenvalue weighted by Crippen LogP contribution is -2.42. The number of rotatable bonds is 8. The van der Waals surface area contributed by atoms with Gasteiger partial charge in [0.05, 0.1) is 16.8 Å². The van der Waals surface area contributed by atoms with Crippen molar-refractivity contribution < 1.29 is 23.4 Å². The maximum Gasteiger partial charge on any atom is 0.251 e. The Labute approximate surface area is 192 Å². The summed E-state index contributed by atoms with van der Waals surface area (Å²) in [6.45, 7) is 2.22. The van der Waals surface area contributed by atoms with Crippen LogP contribution in [0.25, 0.3) is 0 Å². The van der Waals surface area contributed by atoms with Crippen molar-refractivity contribution in [2.75, 3.05) is 19.6 Å². The van der Waals surface area contributed by atoms with Crippen LogP contribution in [0.15, 0.2) is 51.9 Å². The van der Waals surface area contributed by atoms with Crippen LogP contribution in [0, 0.1) is 5.95 Å². The monoisotopic (exact) mass is 504 g/mol. The van der Waals surface area contributed by atoms with Crippen molar-refractivity contribution >= 4 is 21.8 Å². The molecule has 1 amide bonds. The van der Waals surface area contributed by atoms with Gasteiger partial charge in [-0.25, -0.2) is 9.97 Å². The van der Waals surface area contributed by atoms with Crippen molar-refractivity contribution in [2.24, 2.45) is 0 Å². The molecular weight excluding hydrogens is 483 g/mol. The van der Waals surface area contributed by atoms with Crippen molar-refractivity contribution in [3.05, 3.63) is 75.9 Å². The summed E-state index contributed by atoms with van der Waals surface area (Å²) in [6, 6.07) is 6.42. The Morgan fingerprint density at radius 2 is 2.28 bits per heavy atom. The topological polar surface area (TPSA) is 101 Å². The van der Waals surface area contributed by atoms with E-state index in [1.807, 2.05) is 12.1 Å². The summed E-state index contributed by atoms with van der Waals surface area (Å²) in [5.74, 6) is 0.221. The number of nitrogens with one attached hydrogen (secondary N) is 1. The molecule has 2 aromatic heterocycles. The Morgan fingerprint density at radius 3 is 3.06 bits per heavy atom. The Balaban J connectivity index is 1.29. The van der Waals surface area contributed by atoms with E-state index in [4.69, 9.17) is 9.15 Å². The molecule has 0 bridgehead atoms. The van der Waals surface area contributed by atoms with Gasteiger partial charge in [0.25, 0.3) is 5.91 Å². The summed E-state index contributed by atoms with van der Waals surface area (Å²) in [4.78, 5) is 21.5. The molecule has 0 unspecified atom stereocenters. The highest BCUT2D eigenvalue weighted by molar-refractivity contribution is 9.10. The highest BCUT2D eigenvalue weighted by Crippen LogP contribution is 2.34. The standard InChI is InChI=1S/C22H22BrFN4O4/c23-21-18-4-6-28(10-15(18)1-2-19(21)31-12-17-9-25-13-32-17)11-16(29)8-27-22(30)14-3-5-26-20(24)7-14/h1-3,5,7,9,13,16,29H,4,6,8,10-12H2,(H,27,30)/t16-/m0/s1. The van der Waals surface area contributed by atoms with E-state index >= 15 is 0 Å². The van der Waals surface area contributed by atoms with Gasteiger partial charge in [0.1, 0.15) is 12.4 Å². The fourth-order valence-corrected chi connectivity index (χ4v) is 4.30. The SMILES string of the molecule is O=C(NC[C@H](O)CN1CCc2c(ccc(OCc3cnco3)c2Br)C1)c1ccnc(F)c1. The summed E-state index contributed by atoms with van der Waals surface area (Å²) in [5.41, 5.74) is 2.50. The van der Waals surface area contributed by atoms with Crippen molar-refractivity contribution in [1.82, 2.24) is 20.2 Å². The van der Waals surface area contributed by atoms with E-state index in [0.717, 1.165) is 34.8 Å². The van der Waals surface area contributed by atoms with Gasteiger partial charge in [0.15, 0.2) is 12.2 Å². The maximum atomic E-state index is 13.2. The van der Waals surface area contributed by atoms with Gasteiger partial charge in [-0.1, -0.05) is 6.07 Å². The van der Waals surface area contributed by atoms with E-state index in [1.165, 1.54) is 24.2 Å². The van der Waals surface area contributed by atoms with Crippen LogP contribution in [-0.2, 0) is 19.6 Å². The van der Waals surface area contributed by atoms with Crippen LogP contribution in [0.5, 0.6) is 5.75 Å². The van der Waals surface area contributed by atoms with E-state index in [0.29, 0.717) is 25.5 Å². The number of hydrogen-bond donors (Lipinski definition) is 2. The third kappa shape index (κ3) is 5.50. The molecular formula is C22H22BrFN4O4. The minimum Gasteiger partial charge on any atom is -0.484 e. The molecule has 3 aromatic rings. The summed E-state index contributed by atoms with van der Waals surface area (Å²) in [7, 11) is 0. The molecule has 8 nitrogen and oxygen atoms in total. The third-order valence-electron chi connectivity index (χ3n) is 5.19. The second kappa shape index (κ2) is 10.2. The normalized spacial score (nSPS) is 14.6. The number of nitrogens with zero attached hydrogens (tertiary/aromatic N) is 3. The molecule has 4 rings (SSSR count). The van der Waals surface area contributed by atoms with Gasteiger partial charge in [-0.05, 0) is 45.6 Å². The number of carbonyl (C=O) groups is 1. The minimum atomic E-state index is -0.750. The predicted octanol–water partition coefficient (Wildman–Crippen LogP) is 2.70. The van der Waals surface area contributed by atoms with Crippen molar-refractivity contribution in [3.63, 3.8) is 0 Å². The minimum absolute atomic E-state index is 0.0737. The largest absolute Gasteiger partial charge is 0.484 e. The summed E-state index contributed by atoms with van der Waals surface area (Å²) < 4.78 is 25.1. The average molecular weight is 505 g/mol. The Kier molecular flexibility index (Phi) is 7.13. The average Bonchev–Trinajstić information content (AvgIpc) is 3.31. The molecule has 0 fully saturated rings. The number of amides is 1. The van der Waals surface area contributed by atoms with E-state index in [2.05, 4.69) is 36.1 Å². The molecule has 1 aromatic carbocycles. The zero-order valence-electron chi connectivity index (χ0n) is 17.1. The Hall–Kier alpha value is -2.82. The first-order chi connectivity index (χ1) is 15.5. The molecule has 3 heterocycles. The number of hydrogen-bond acceptors (Lipinski definition) is 7. The molecule has 0 spiro atoms. The lowest BCUT2D eigenvalue weighted by atomic mass is 9.99. The molecule has 10 heteroatoms. The lowest BCUT2D eigenvalue weighted by Gasteiger charge is -2.31. The van der Waals surface area contributed by atoms with Gasteiger partial charge in [-0.2, -0.15) is 4.39 Å². The van der Waals surface area contributed by atoms with Crippen LogP contribution >= 0.6 is 15.9 Å². The van der Waals surface area contributed by atoms with E-state index < -0.39 is 18.0 Å². The van der Waals surface area contributed by atoms with Crippen molar-refractivity contribution in [2.45, 2.75) is 25.7 Å². The lowest BCUT2D eigenvalue weighted by molar-refractivity contribution is 0.0841. The van der Waals surface area contributed by atoms with Crippen LogP contribution in [0.1, 0.15) is 27.2 Å². The van der Waals surface area contributed by atoms with Gasteiger partial charge >= 0.3 is 0 Å². The number of β-amino-alcohol motifs (C(OH)–C–C–N with tert-alkyl or cyclic N) is 1. The van der Waals surface area contributed by atoms with Gasteiger partial charge in [-0.3, -0.25) is 9.69 Å². The van der Waals surface area contributed by atoms with Gasteiger partial charge in [0.2, 0.25) is 5.95 Å². The number of pyridine rings is 1. The number of benzene rings is 1. The first kappa shape index (κ1) is 22.4. The van der Waals surface area contributed by atoms with Crippen LogP contribution in [0.2, 0.25) is 0 Å². The molecule has 168 valence electrons. The van der Waals surface area contributed by atoms with E-state index in [9.17, 15) is 14.3 Å². The van der Waals surface area contributed by atoms with Crippen molar-refractivity contribution in [3.8, 4) is 5.75 Å². The molecule has 0 radical (unpaired) electrons. The van der Waals surface area contributed by atoms with E-state index in [-0.39, 0.29) is 12.1 Å². The number of ether oxygens (including phenoxy) is 1. The number of aliphatic hydroxyl groups excluding tert-OH is 1. The second-order valence-corrected chi connectivity index (χ2v) is 8.28. The third-order valence-corrected chi connectivity index (χ3v) is 6.06. The Morgan fingerprint density at radius 1 is 1.41 bits per heavy atom. The highest BCUT2D eigenvalue weighted by Gasteiger charge is 2.22. The first-order valence-corrected chi connectivity index (χ1v) is 10.9. The van der Waals surface area contributed by atoms with Crippen LogP contribution in [0.4, 0.5) is 4.39 Å². The van der Waals surface area contributed by atoms with Crippen molar-refractivity contribution in [1.29, 1.82) is 0 Å². The Bertz CT molecular complexity index is 1080. The quantitative estimate of drug-likeness (QED) is 0.454. The molecule has 0 aliphatic carbocycles. The number of oxazole rings is 1. The number of aromatic nitrogens is 2. The van der Waals surface area contributed by atoms with Gasteiger partial charge < -0.3 is 19.6 Å². The molecule has 2 N–H and O–H groups in total. The maximum absolute atomic E-state index is 13.2. The van der Waals surface area contributed by atoms with Gasteiger partial charge in [-0.15, -0.1) is 0 Å². The fraction of sp³-hybridized carbons (Fsp3) is 0.318. The van der Waals surface area contributed by atoms with Crippen LogP contribution < -0.4 is 10.1 Å². The zero-order chi connectivity index (χ0) is 22.5. The van der Waals surface area contributed by atoms with Gasteiger partial charge in [0, 0.05) is 44.0 Å².